The van der Waals surface area contributed by atoms with Crippen LogP contribution in [0.2, 0.25) is 0 Å². The van der Waals surface area contributed by atoms with Crippen molar-refractivity contribution in [3.8, 4) is 0 Å². The molecule has 0 aromatic heterocycles. The van der Waals surface area contributed by atoms with E-state index in [4.69, 9.17) is 22.1 Å². The number of carbonyl (C=O) groups excluding carboxylic acids is 2. The maximum Gasteiger partial charge on any atom is 0.407 e. The van der Waals surface area contributed by atoms with Crippen molar-refractivity contribution in [1.82, 2.24) is 5.32 Å². The molecule has 1 amide bonds. The van der Waals surface area contributed by atoms with Crippen molar-refractivity contribution in [2.45, 2.75) is 31.9 Å². The van der Waals surface area contributed by atoms with Crippen molar-refractivity contribution in [1.29, 1.82) is 0 Å². The first-order valence-electron chi connectivity index (χ1n) is 8.02. The molecule has 0 heterocycles. The van der Waals surface area contributed by atoms with Gasteiger partial charge in [-0.15, -0.1) is 0 Å². The molecule has 2 unspecified atom stereocenters. The Balaban J connectivity index is 2.17. The molecule has 0 radical (unpaired) electrons. The Labute approximate surface area is 152 Å². The number of ether oxygens (including phenoxy) is 1. The minimum absolute atomic E-state index is 0.0440. The highest BCUT2D eigenvalue weighted by Crippen LogP contribution is 2.29. The lowest BCUT2D eigenvalue weighted by Crippen LogP contribution is -2.57. The van der Waals surface area contributed by atoms with Crippen molar-refractivity contribution in [2.75, 3.05) is 6.54 Å². The Morgan fingerprint density at radius 1 is 1.28 bits per heavy atom. The Bertz CT molecular complexity index is 707. The summed E-state index contributed by atoms with van der Waals surface area (Å²) in [7, 11) is 0. The molecule has 0 saturated carbocycles. The molecule has 2 atom stereocenters. The fourth-order valence-electron chi connectivity index (χ4n) is 2.52. The van der Waals surface area contributed by atoms with E-state index in [0.29, 0.717) is 10.6 Å². The van der Waals surface area contributed by atoms with E-state index in [2.05, 4.69) is 5.32 Å². The fraction of sp³-hybridized carbons (Fsp3) is 0.368. The second-order valence-corrected chi connectivity index (χ2v) is 7.50. The van der Waals surface area contributed by atoms with E-state index in [9.17, 15) is 9.59 Å². The number of hydrogen-bond donors (Lipinski definition) is 2. The van der Waals surface area contributed by atoms with Crippen LogP contribution in [-0.2, 0) is 4.74 Å². The zero-order valence-corrected chi connectivity index (χ0v) is 15.3. The minimum atomic E-state index is -1.10. The predicted molar refractivity (Wildman–Crippen MR) is 98.5 cm³/mol. The van der Waals surface area contributed by atoms with Crippen molar-refractivity contribution in [2.24, 2.45) is 11.7 Å². The number of halogens is 1. The van der Waals surface area contributed by atoms with Crippen LogP contribution >= 0.6 is 11.6 Å². The summed E-state index contributed by atoms with van der Waals surface area (Å²) in [4.78, 5) is 24.8. The highest BCUT2D eigenvalue weighted by molar-refractivity contribution is 6.31. The molecule has 5 nitrogen and oxygen atoms in total. The molecule has 3 N–H and O–H groups in total. The molecular weight excluding hydrogens is 340 g/mol. The highest BCUT2D eigenvalue weighted by atomic mass is 35.5. The molecule has 0 fully saturated rings. The van der Waals surface area contributed by atoms with Gasteiger partial charge in [-0.05, 0) is 26.8 Å². The van der Waals surface area contributed by atoms with Gasteiger partial charge in [-0.3, -0.25) is 4.79 Å². The van der Waals surface area contributed by atoms with E-state index < -0.39 is 23.2 Å². The van der Waals surface area contributed by atoms with Gasteiger partial charge in [0.15, 0.2) is 5.78 Å². The van der Waals surface area contributed by atoms with Crippen LogP contribution in [0.1, 0.15) is 31.1 Å². The standard InChI is InChI=1S/C19H23ClN2O3/c1-18(2,3)25-17(24)22-12-19(21)10-9-14(20)11-15(19)16(23)13-7-5-4-6-8-13/h4-11,15H,12,21H2,1-3H3,(H,22,24). The van der Waals surface area contributed by atoms with Crippen LogP contribution < -0.4 is 11.1 Å². The van der Waals surface area contributed by atoms with E-state index in [1.54, 1.807) is 63.3 Å². The van der Waals surface area contributed by atoms with E-state index in [1.807, 2.05) is 6.07 Å². The number of rotatable bonds is 4. The highest BCUT2D eigenvalue weighted by Gasteiger charge is 2.39. The quantitative estimate of drug-likeness (QED) is 0.804. The predicted octanol–water partition coefficient (Wildman–Crippen LogP) is 3.40. The number of nitrogens with two attached hydrogens (primary N) is 1. The molecular formula is C19H23ClN2O3. The van der Waals surface area contributed by atoms with Gasteiger partial charge in [0.25, 0.3) is 0 Å². The Morgan fingerprint density at radius 3 is 2.52 bits per heavy atom. The summed E-state index contributed by atoms with van der Waals surface area (Å²) < 4.78 is 5.22. The molecule has 0 saturated heterocycles. The molecule has 2 rings (SSSR count). The maximum absolute atomic E-state index is 12.9. The molecule has 1 aromatic rings. The average molecular weight is 363 g/mol. The molecule has 25 heavy (non-hydrogen) atoms. The van der Waals surface area contributed by atoms with Crippen LogP contribution in [0.25, 0.3) is 0 Å². The van der Waals surface area contributed by atoms with Gasteiger partial charge in [-0.2, -0.15) is 0 Å². The largest absolute Gasteiger partial charge is 0.444 e. The van der Waals surface area contributed by atoms with Gasteiger partial charge in [-0.25, -0.2) is 4.79 Å². The first-order chi connectivity index (χ1) is 11.6. The lowest BCUT2D eigenvalue weighted by Gasteiger charge is -2.35. The average Bonchev–Trinajstić information content (AvgIpc) is 2.54. The molecule has 1 aliphatic carbocycles. The molecule has 1 aromatic carbocycles. The second-order valence-electron chi connectivity index (χ2n) is 7.06. The van der Waals surface area contributed by atoms with Gasteiger partial charge in [0, 0.05) is 17.1 Å². The zero-order valence-electron chi connectivity index (χ0n) is 14.6. The van der Waals surface area contributed by atoms with Crippen LogP contribution in [-0.4, -0.2) is 29.6 Å². The third-order valence-corrected chi connectivity index (χ3v) is 3.99. The van der Waals surface area contributed by atoms with Gasteiger partial charge in [0.2, 0.25) is 0 Å². The van der Waals surface area contributed by atoms with E-state index in [0.717, 1.165) is 0 Å². The van der Waals surface area contributed by atoms with E-state index in [-0.39, 0.29) is 12.3 Å². The monoisotopic (exact) mass is 362 g/mol. The van der Waals surface area contributed by atoms with Crippen molar-refractivity contribution in [3.63, 3.8) is 0 Å². The number of hydrogen-bond acceptors (Lipinski definition) is 4. The van der Waals surface area contributed by atoms with Crippen molar-refractivity contribution >= 4 is 23.5 Å². The molecule has 6 heteroatoms. The Kier molecular flexibility index (Phi) is 5.70. The Hall–Kier alpha value is -2.11. The fourth-order valence-corrected chi connectivity index (χ4v) is 2.71. The van der Waals surface area contributed by atoms with Crippen LogP contribution in [0.3, 0.4) is 0 Å². The van der Waals surface area contributed by atoms with Gasteiger partial charge in [-0.1, -0.05) is 54.1 Å². The van der Waals surface area contributed by atoms with Gasteiger partial charge in [0.05, 0.1) is 11.5 Å². The number of alkyl carbamates (subject to hydrolysis) is 1. The van der Waals surface area contributed by atoms with Crippen LogP contribution in [0.5, 0.6) is 0 Å². The molecule has 0 bridgehead atoms. The van der Waals surface area contributed by atoms with Crippen LogP contribution in [0.4, 0.5) is 4.79 Å². The van der Waals surface area contributed by atoms with E-state index >= 15 is 0 Å². The number of ketones is 1. The normalized spacial score (nSPS) is 22.9. The maximum atomic E-state index is 12.9. The first-order valence-corrected chi connectivity index (χ1v) is 8.40. The summed E-state index contributed by atoms with van der Waals surface area (Å²) in [5.41, 5.74) is 5.26. The third-order valence-electron chi connectivity index (χ3n) is 3.74. The number of allylic oxidation sites excluding steroid dienone is 2. The molecule has 134 valence electrons. The number of amides is 1. The number of carbonyl (C=O) groups is 2. The smallest absolute Gasteiger partial charge is 0.407 e. The topological polar surface area (TPSA) is 81.4 Å². The van der Waals surface area contributed by atoms with Crippen molar-refractivity contribution < 1.29 is 14.3 Å². The summed E-state index contributed by atoms with van der Waals surface area (Å²) in [6, 6.07) is 8.86. The lowest BCUT2D eigenvalue weighted by atomic mass is 9.77. The van der Waals surface area contributed by atoms with Gasteiger partial charge < -0.3 is 15.8 Å². The second kappa shape index (κ2) is 7.42. The number of benzene rings is 1. The summed E-state index contributed by atoms with van der Waals surface area (Å²) in [5, 5.41) is 3.08. The van der Waals surface area contributed by atoms with Crippen LogP contribution in [0.15, 0.2) is 53.6 Å². The minimum Gasteiger partial charge on any atom is -0.444 e. The first kappa shape index (κ1) is 19.2. The molecule has 1 aliphatic rings. The SMILES string of the molecule is CC(C)(C)OC(=O)NCC1(N)C=CC(Cl)=CC1C(=O)c1ccccc1. The van der Waals surface area contributed by atoms with Crippen molar-refractivity contribution in [3.05, 3.63) is 59.2 Å². The molecule has 0 spiro atoms. The number of Topliss-reactive ketones (excluding diaryl/α,β-unsaturated/α-hetero) is 1. The summed E-state index contributed by atoms with van der Waals surface area (Å²) in [5.74, 6) is -0.848. The van der Waals surface area contributed by atoms with Gasteiger partial charge in [0.1, 0.15) is 5.60 Å². The molecule has 0 aliphatic heterocycles. The lowest BCUT2D eigenvalue weighted by molar-refractivity contribution is 0.0511. The summed E-state index contributed by atoms with van der Waals surface area (Å²) in [6.07, 6.45) is 4.32. The van der Waals surface area contributed by atoms with Gasteiger partial charge >= 0.3 is 6.09 Å². The zero-order chi connectivity index (χ0) is 18.7. The Morgan fingerprint density at radius 2 is 1.92 bits per heavy atom. The van der Waals surface area contributed by atoms with Crippen LogP contribution in [0, 0.1) is 5.92 Å². The third kappa shape index (κ3) is 5.18. The summed E-state index contributed by atoms with van der Waals surface area (Å²) in [6.45, 7) is 5.36. The number of nitrogens with one attached hydrogen (secondary N) is 1. The summed E-state index contributed by atoms with van der Waals surface area (Å²) >= 11 is 6.07. The van der Waals surface area contributed by atoms with E-state index in [1.165, 1.54) is 0 Å².